The second kappa shape index (κ2) is 4.20. The standard InChI is InChI=1S/C18H17NO/c1-12-8-9-14-16(11-12)13-5-2-3-6-15(13)18(20)19-10-4-7-17(14)19/h2-3,5-6,8-9,11,17H,4,7,10H2,1H3. The van der Waals surface area contributed by atoms with E-state index in [2.05, 4.69) is 36.1 Å². The van der Waals surface area contributed by atoms with Gasteiger partial charge in [0.15, 0.2) is 0 Å². The van der Waals surface area contributed by atoms with Gasteiger partial charge in [0, 0.05) is 12.1 Å². The minimum Gasteiger partial charge on any atom is -0.332 e. The number of fused-ring (bicyclic) bond motifs is 5. The second-order valence-electron chi connectivity index (χ2n) is 5.79. The third kappa shape index (κ3) is 1.54. The van der Waals surface area contributed by atoms with Gasteiger partial charge in [-0.05, 0) is 42.5 Å². The van der Waals surface area contributed by atoms with E-state index in [0.717, 1.165) is 30.5 Å². The largest absolute Gasteiger partial charge is 0.332 e. The summed E-state index contributed by atoms with van der Waals surface area (Å²) in [7, 11) is 0. The van der Waals surface area contributed by atoms with E-state index in [-0.39, 0.29) is 11.9 Å². The smallest absolute Gasteiger partial charge is 0.254 e. The first-order valence-electron chi connectivity index (χ1n) is 7.26. The van der Waals surface area contributed by atoms with Gasteiger partial charge in [0.2, 0.25) is 0 Å². The van der Waals surface area contributed by atoms with E-state index in [1.54, 1.807) is 0 Å². The highest BCUT2D eigenvalue weighted by molar-refractivity contribution is 6.03. The van der Waals surface area contributed by atoms with Gasteiger partial charge in [-0.25, -0.2) is 0 Å². The molecule has 0 aromatic heterocycles. The first-order chi connectivity index (χ1) is 9.75. The number of carbonyl (C=O) groups excluding carboxylic acids is 1. The summed E-state index contributed by atoms with van der Waals surface area (Å²) >= 11 is 0. The van der Waals surface area contributed by atoms with Gasteiger partial charge in [-0.2, -0.15) is 0 Å². The summed E-state index contributed by atoms with van der Waals surface area (Å²) in [6, 6.07) is 14.9. The molecular formula is C18H17NO. The van der Waals surface area contributed by atoms with Crippen LogP contribution >= 0.6 is 0 Å². The fourth-order valence-electron chi connectivity index (χ4n) is 3.59. The molecule has 1 fully saturated rings. The molecule has 2 aliphatic heterocycles. The van der Waals surface area contributed by atoms with Gasteiger partial charge in [0.25, 0.3) is 5.91 Å². The van der Waals surface area contributed by atoms with E-state index in [9.17, 15) is 4.79 Å². The maximum atomic E-state index is 12.8. The Morgan fingerprint density at radius 3 is 2.70 bits per heavy atom. The lowest BCUT2D eigenvalue weighted by molar-refractivity contribution is 0.0740. The molecule has 2 aromatic rings. The lowest BCUT2D eigenvalue weighted by atomic mass is 9.92. The summed E-state index contributed by atoms with van der Waals surface area (Å²) < 4.78 is 0. The minimum atomic E-state index is 0.192. The SMILES string of the molecule is Cc1ccc2c(c1)-c1ccccc1C(=O)N1CCCC21. The van der Waals surface area contributed by atoms with Crippen LogP contribution in [0.2, 0.25) is 0 Å². The summed E-state index contributed by atoms with van der Waals surface area (Å²) in [4.78, 5) is 14.9. The van der Waals surface area contributed by atoms with Crippen LogP contribution in [0.4, 0.5) is 0 Å². The van der Waals surface area contributed by atoms with Crippen LogP contribution < -0.4 is 0 Å². The first-order valence-corrected chi connectivity index (χ1v) is 7.26. The average Bonchev–Trinajstić information content (AvgIpc) is 2.92. The number of amides is 1. The third-order valence-electron chi connectivity index (χ3n) is 4.53. The first kappa shape index (κ1) is 11.7. The summed E-state index contributed by atoms with van der Waals surface area (Å²) in [5, 5.41) is 0. The Morgan fingerprint density at radius 1 is 1.05 bits per heavy atom. The number of hydrogen-bond acceptors (Lipinski definition) is 1. The quantitative estimate of drug-likeness (QED) is 0.704. The van der Waals surface area contributed by atoms with Gasteiger partial charge in [-0.15, -0.1) is 0 Å². The lowest BCUT2D eigenvalue weighted by Gasteiger charge is -2.23. The molecule has 1 atom stereocenters. The molecule has 0 radical (unpaired) electrons. The van der Waals surface area contributed by atoms with Gasteiger partial charge in [0.05, 0.1) is 6.04 Å². The van der Waals surface area contributed by atoms with E-state index < -0.39 is 0 Å². The predicted octanol–water partition coefficient (Wildman–Crippen LogP) is 3.95. The maximum absolute atomic E-state index is 12.8. The van der Waals surface area contributed by atoms with Crippen molar-refractivity contribution in [1.82, 2.24) is 4.90 Å². The van der Waals surface area contributed by atoms with Crippen molar-refractivity contribution in [3.8, 4) is 11.1 Å². The Kier molecular flexibility index (Phi) is 2.46. The molecule has 0 saturated carbocycles. The molecule has 2 heteroatoms. The molecule has 1 amide bonds. The summed E-state index contributed by atoms with van der Waals surface area (Å²) in [6.45, 7) is 2.99. The zero-order valence-corrected chi connectivity index (χ0v) is 11.6. The van der Waals surface area contributed by atoms with Crippen molar-refractivity contribution in [3.05, 3.63) is 59.2 Å². The Balaban J connectivity index is 2.06. The Bertz CT molecular complexity index is 704. The number of nitrogens with zero attached hydrogens (tertiary/aromatic N) is 1. The second-order valence-corrected chi connectivity index (χ2v) is 5.79. The highest BCUT2D eigenvalue weighted by Crippen LogP contribution is 2.43. The van der Waals surface area contributed by atoms with Crippen LogP contribution in [-0.4, -0.2) is 17.4 Å². The molecule has 4 rings (SSSR count). The van der Waals surface area contributed by atoms with Crippen LogP contribution in [0.1, 0.15) is 40.4 Å². The monoisotopic (exact) mass is 263 g/mol. The van der Waals surface area contributed by atoms with Crippen molar-refractivity contribution in [2.45, 2.75) is 25.8 Å². The van der Waals surface area contributed by atoms with E-state index in [1.165, 1.54) is 16.7 Å². The molecular weight excluding hydrogens is 246 g/mol. The van der Waals surface area contributed by atoms with Crippen molar-refractivity contribution in [3.63, 3.8) is 0 Å². The molecule has 0 bridgehead atoms. The van der Waals surface area contributed by atoms with Crippen molar-refractivity contribution >= 4 is 5.91 Å². The van der Waals surface area contributed by atoms with Crippen LogP contribution in [0.3, 0.4) is 0 Å². The van der Waals surface area contributed by atoms with Crippen LogP contribution in [0.5, 0.6) is 0 Å². The Hall–Kier alpha value is -2.09. The van der Waals surface area contributed by atoms with Gasteiger partial charge in [0.1, 0.15) is 0 Å². The normalized spacial score (nSPS) is 20.1. The third-order valence-corrected chi connectivity index (χ3v) is 4.53. The van der Waals surface area contributed by atoms with E-state index in [4.69, 9.17) is 0 Å². The molecule has 0 aliphatic carbocycles. The van der Waals surface area contributed by atoms with Crippen LogP contribution in [0, 0.1) is 6.92 Å². The van der Waals surface area contributed by atoms with Crippen LogP contribution in [0.25, 0.3) is 11.1 Å². The molecule has 2 heterocycles. The minimum absolute atomic E-state index is 0.192. The zero-order valence-electron chi connectivity index (χ0n) is 11.6. The van der Waals surface area contributed by atoms with Gasteiger partial charge >= 0.3 is 0 Å². The summed E-state index contributed by atoms with van der Waals surface area (Å²) in [5.74, 6) is 0.192. The van der Waals surface area contributed by atoms with Crippen LogP contribution in [-0.2, 0) is 0 Å². The highest BCUT2D eigenvalue weighted by atomic mass is 16.2. The molecule has 1 saturated heterocycles. The molecule has 0 spiro atoms. The lowest BCUT2D eigenvalue weighted by Crippen LogP contribution is -2.29. The molecule has 1 unspecified atom stereocenters. The molecule has 0 N–H and O–H groups in total. The van der Waals surface area contributed by atoms with Gasteiger partial charge in [-0.1, -0.05) is 42.0 Å². The fourth-order valence-corrected chi connectivity index (χ4v) is 3.59. The molecule has 2 aromatic carbocycles. The van der Waals surface area contributed by atoms with E-state index in [0.29, 0.717) is 0 Å². The number of benzene rings is 2. The zero-order chi connectivity index (χ0) is 13.7. The number of hydrogen-bond donors (Lipinski definition) is 0. The summed E-state index contributed by atoms with van der Waals surface area (Å²) in [5.41, 5.74) is 5.74. The average molecular weight is 263 g/mol. The Morgan fingerprint density at radius 2 is 1.85 bits per heavy atom. The maximum Gasteiger partial charge on any atom is 0.254 e. The number of rotatable bonds is 0. The van der Waals surface area contributed by atoms with Crippen LogP contribution in [0.15, 0.2) is 42.5 Å². The fraction of sp³-hybridized carbons (Fsp3) is 0.278. The molecule has 20 heavy (non-hydrogen) atoms. The predicted molar refractivity (Wildman–Crippen MR) is 79.6 cm³/mol. The molecule has 100 valence electrons. The van der Waals surface area contributed by atoms with E-state index >= 15 is 0 Å². The van der Waals surface area contributed by atoms with Crippen molar-refractivity contribution in [2.24, 2.45) is 0 Å². The number of carbonyl (C=O) groups is 1. The van der Waals surface area contributed by atoms with E-state index in [1.807, 2.05) is 18.2 Å². The highest BCUT2D eigenvalue weighted by Gasteiger charge is 2.36. The van der Waals surface area contributed by atoms with Crippen molar-refractivity contribution < 1.29 is 4.79 Å². The van der Waals surface area contributed by atoms with Crippen molar-refractivity contribution in [1.29, 1.82) is 0 Å². The molecule has 2 aliphatic rings. The summed E-state index contributed by atoms with van der Waals surface area (Å²) in [6.07, 6.45) is 2.18. The van der Waals surface area contributed by atoms with Crippen molar-refractivity contribution in [2.75, 3.05) is 6.54 Å². The molecule has 2 nitrogen and oxygen atoms in total. The van der Waals surface area contributed by atoms with Gasteiger partial charge < -0.3 is 4.90 Å². The Labute approximate surface area is 119 Å². The van der Waals surface area contributed by atoms with Gasteiger partial charge in [-0.3, -0.25) is 4.79 Å². The number of aryl methyl sites for hydroxylation is 1. The topological polar surface area (TPSA) is 20.3 Å².